The molecule has 0 radical (unpaired) electrons. The highest BCUT2D eigenvalue weighted by molar-refractivity contribution is 6.47. The average Bonchev–Trinajstić information content (AvgIpc) is 2.74. The molecule has 2 heterocycles. The second-order valence-corrected chi connectivity index (χ2v) is 6.41. The number of benzene rings is 1. The number of hydrogen-bond donors (Lipinski definition) is 3. The monoisotopic (exact) mass is 353 g/mol. The molecule has 1 atom stereocenters. The fourth-order valence-corrected chi connectivity index (χ4v) is 3.38. The Balaban J connectivity index is 1.99. The van der Waals surface area contributed by atoms with E-state index in [0.29, 0.717) is 23.5 Å². The Hall–Kier alpha value is -2.63. The molecule has 25 heavy (non-hydrogen) atoms. The number of hydrogen-bond acceptors (Lipinski definition) is 5. The van der Waals surface area contributed by atoms with Crippen LogP contribution in [0.4, 0.5) is 0 Å². The summed E-state index contributed by atoms with van der Waals surface area (Å²) in [4.78, 5) is 17.3. The van der Waals surface area contributed by atoms with Gasteiger partial charge in [0, 0.05) is 12.1 Å². The Labute approximate surface area is 150 Å². The first-order chi connectivity index (χ1) is 12.1. The van der Waals surface area contributed by atoms with Gasteiger partial charge in [-0.2, -0.15) is 0 Å². The van der Waals surface area contributed by atoms with Crippen molar-refractivity contribution in [2.24, 2.45) is 4.99 Å². The number of aliphatic hydroxyl groups excluding tert-OH is 1. The topological polar surface area (TPSA) is 73.7 Å². The Kier molecular flexibility index (Phi) is 3.82. The molecule has 3 N–H and O–H groups in total. The molecule has 0 fully saturated rings. The molecule has 1 aliphatic carbocycles. The molecule has 2 aliphatic heterocycles. The van der Waals surface area contributed by atoms with Gasteiger partial charge < -0.3 is 15.7 Å². The van der Waals surface area contributed by atoms with Crippen molar-refractivity contribution < 1.29 is 9.90 Å². The summed E-state index contributed by atoms with van der Waals surface area (Å²) in [5, 5.41) is 17.1. The zero-order valence-electron chi connectivity index (χ0n) is 13.5. The first kappa shape index (κ1) is 15.9. The lowest BCUT2D eigenvalue weighted by Crippen LogP contribution is -2.34. The van der Waals surface area contributed by atoms with Crippen molar-refractivity contribution in [3.05, 3.63) is 75.5 Å². The standard InChI is InChI=1S/C19H16ClN3O2/c1-10-21-9-13-12-7-8-14(20)18(24)15(12)16(11-5-3-2-4-6-11)23-19(25)17(13)22-10/h2-8,19,23,25H,9H2,1H3,(H,21,22). The molecular formula is C19H16ClN3O2. The van der Waals surface area contributed by atoms with Crippen molar-refractivity contribution in [3.63, 3.8) is 0 Å². The first-order valence-corrected chi connectivity index (χ1v) is 8.33. The largest absolute Gasteiger partial charge is 0.370 e. The summed E-state index contributed by atoms with van der Waals surface area (Å²) in [5.74, 6) is 0.457. The third kappa shape index (κ3) is 2.62. The summed E-state index contributed by atoms with van der Waals surface area (Å²) >= 11 is 6.11. The Morgan fingerprint density at radius 2 is 2.00 bits per heavy atom. The van der Waals surface area contributed by atoms with Gasteiger partial charge in [0.2, 0.25) is 5.78 Å². The number of aliphatic imine (C=N–C) groups is 1. The van der Waals surface area contributed by atoms with E-state index in [1.165, 1.54) is 0 Å². The highest BCUT2D eigenvalue weighted by atomic mass is 35.5. The number of aliphatic hydroxyl groups is 1. The van der Waals surface area contributed by atoms with Crippen LogP contribution in [0, 0.1) is 0 Å². The summed E-state index contributed by atoms with van der Waals surface area (Å²) in [7, 11) is 0. The summed E-state index contributed by atoms with van der Waals surface area (Å²) in [6, 6.07) is 9.43. The van der Waals surface area contributed by atoms with Crippen molar-refractivity contribution in [1.82, 2.24) is 10.6 Å². The summed E-state index contributed by atoms with van der Waals surface area (Å²) in [6.07, 6.45) is 2.39. The number of nitrogens with one attached hydrogen (secondary N) is 2. The third-order valence-corrected chi connectivity index (χ3v) is 4.70. The molecule has 0 saturated heterocycles. The number of nitrogens with zero attached hydrogens (tertiary/aromatic N) is 1. The van der Waals surface area contributed by atoms with Crippen molar-refractivity contribution >= 4 is 28.9 Å². The lowest BCUT2D eigenvalue weighted by Gasteiger charge is -2.23. The van der Waals surface area contributed by atoms with Gasteiger partial charge in [0.05, 0.1) is 27.8 Å². The zero-order valence-corrected chi connectivity index (χ0v) is 14.3. The molecule has 3 aliphatic rings. The first-order valence-electron chi connectivity index (χ1n) is 7.95. The molecule has 1 unspecified atom stereocenters. The third-order valence-electron chi connectivity index (χ3n) is 4.41. The van der Waals surface area contributed by atoms with Crippen LogP contribution >= 0.6 is 11.6 Å². The Bertz CT molecular complexity index is 923. The molecule has 6 heteroatoms. The fraction of sp³-hybridized carbons (Fsp3) is 0.158. The quantitative estimate of drug-likeness (QED) is 0.724. The van der Waals surface area contributed by atoms with Crippen molar-refractivity contribution in [2.45, 2.75) is 13.2 Å². The Morgan fingerprint density at radius 1 is 1.24 bits per heavy atom. The lowest BCUT2D eigenvalue weighted by molar-refractivity contribution is -0.111. The van der Waals surface area contributed by atoms with Crippen LogP contribution in [-0.4, -0.2) is 29.5 Å². The molecule has 126 valence electrons. The molecule has 0 aromatic heterocycles. The second-order valence-electron chi connectivity index (χ2n) is 6.00. The number of carbonyl (C=O) groups excluding carboxylic acids is 1. The van der Waals surface area contributed by atoms with E-state index in [1.807, 2.05) is 43.3 Å². The van der Waals surface area contributed by atoms with Gasteiger partial charge in [0.1, 0.15) is 0 Å². The van der Waals surface area contributed by atoms with E-state index in [4.69, 9.17) is 11.6 Å². The van der Waals surface area contributed by atoms with Crippen LogP contribution in [0.5, 0.6) is 0 Å². The predicted molar refractivity (Wildman–Crippen MR) is 97.7 cm³/mol. The van der Waals surface area contributed by atoms with Gasteiger partial charge in [-0.3, -0.25) is 4.79 Å². The van der Waals surface area contributed by atoms with Crippen LogP contribution < -0.4 is 10.6 Å². The smallest absolute Gasteiger partial charge is 0.207 e. The van der Waals surface area contributed by atoms with Gasteiger partial charge in [-0.1, -0.05) is 48.0 Å². The number of fused-ring (bicyclic) bond motifs is 2. The van der Waals surface area contributed by atoms with Gasteiger partial charge in [-0.25, -0.2) is 4.99 Å². The van der Waals surface area contributed by atoms with Crippen molar-refractivity contribution in [2.75, 3.05) is 6.54 Å². The summed E-state index contributed by atoms with van der Waals surface area (Å²) in [5.41, 5.74) is 3.86. The van der Waals surface area contributed by atoms with Crippen LogP contribution in [0.15, 0.2) is 74.9 Å². The van der Waals surface area contributed by atoms with Gasteiger partial charge >= 0.3 is 0 Å². The normalized spacial score (nSPS) is 22.8. The minimum absolute atomic E-state index is 0.149. The second kappa shape index (κ2) is 6.02. The highest BCUT2D eigenvalue weighted by Crippen LogP contribution is 2.38. The maximum Gasteiger partial charge on any atom is 0.207 e. The van der Waals surface area contributed by atoms with E-state index in [0.717, 1.165) is 22.5 Å². The number of rotatable bonds is 1. The Morgan fingerprint density at radius 3 is 2.76 bits per heavy atom. The van der Waals surface area contributed by atoms with Gasteiger partial charge in [-0.15, -0.1) is 0 Å². The molecular weight excluding hydrogens is 338 g/mol. The number of Topliss-reactive ketones (excluding diaryl/α,β-unsaturated/α-hetero) is 1. The molecule has 0 bridgehead atoms. The van der Waals surface area contributed by atoms with Crippen molar-refractivity contribution in [3.8, 4) is 0 Å². The minimum Gasteiger partial charge on any atom is -0.370 e. The van der Waals surface area contributed by atoms with Gasteiger partial charge in [0.25, 0.3) is 0 Å². The van der Waals surface area contributed by atoms with E-state index in [1.54, 1.807) is 6.08 Å². The molecule has 4 rings (SSSR count). The summed E-state index contributed by atoms with van der Waals surface area (Å²) < 4.78 is 0. The number of ketones is 1. The van der Waals surface area contributed by atoms with E-state index >= 15 is 0 Å². The molecule has 1 aromatic carbocycles. The molecule has 5 nitrogen and oxygen atoms in total. The number of halogens is 1. The van der Waals surface area contributed by atoms with E-state index < -0.39 is 6.23 Å². The fourth-order valence-electron chi connectivity index (χ4n) is 3.22. The predicted octanol–water partition coefficient (Wildman–Crippen LogP) is 2.23. The highest BCUT2D eigenvalue weighted by Gasteiger charge is 2.34. The minimum atomic E-state index is -1.02. The summed E-state index contributed by atoms with van der Waals surface area (Å²) in [6.45, 7) is 2.32. The average molecular weight is 354 g/mol. The van der Waals surface area contributed by atoms with E-state index in [2.05, 4.69) is 15.6 Å². The van der Waals surface area contributed by atoms with Crippen LogP contribution in [0.2, 0.25) is 0 Å². The zero-order chi connectivity index (χ0) is 17.6. The van der Waals surface area contributed by atoms with Crippen LogP contribution in [-0.2, 0) is 4.79 Å². The number of allylic oxidation sites excluding steroid dienone is 4. The molecule has 0 amide bonds. The SMILES string of the molecule is CC1=NC2=C(CN1)C1=CC=C(Cl)C(=O)C1=C(c1ccccc1)NC2O. The molecule has 1 aromatic rings. The van der Waals surface area contributed by atoms with Crippen LogP contribution in [0.3, 0.4) is 0 Å². The van der Waals surface area contributed by atoms with E-state index in [-0.39, 0.29) is 10.8 Å². The number of carbonyl (C=O) groups is 1. The van der Waals surface area contributed by atoms with Crippen molar-refractivity contribution in [1.29, 1.82) is 0 Å². The maximum atomic E-state index is 12.8. The number of amidine groups is 1. The van der Waals surface area contributed by atoms with E-state index in [9.17, 15) is 9.90 Å². The van der Waals surface area contributed by atoms with Gasteiger partial charge in [-0.05, 0) is 24.1 Å². The van der Waals surface area contributed by atoms with Gasteiger partial charge in [0.15, 0.2) is 6.23 Å². The van der Waals surface area contributed by atoms with Crippen LogP contribution in [0.25, 0.3) is 5.70 Å². The molecule has 0 saturated carbocycles. The molecule has 0 spiro atoms. The maximum absolute atomic E-state index is 12.8. The van der Waals surface area contributed by atoms with Crippen LogP contribution in [0.1, 0.15) is 12.5 Å². The lowest BCUT2D eigenvalue weighted by atomic mass is 9.87.